The molecule has 0 bridgehead atoms. The maximum absolute atomic E-state index is 8.31. The number of hydrogen-bond donors (Lipinski definition) is 0. The van der Waals surface area contributed by atoms with E-state index in [0.717, 1.165) is 0 Å². The minimum atomic E-state index is -0.476. The molecule has 3 aromatic rings. The standard InChI is InChI=1S/C20H18/c1-15-11-13-18(14-12-15)20-10-6-9-19(16(20)2)17-7-4-3-5-8-17/h3-14H,1-2H3/i3D,4D,5D,7D,8D,11D,12D,13D,14D. The first-order chi connectivity index (χ1) is 13.5. The molecule has 0 nitrogen and oxygen atoms in total. The lowest BCUT2D eigenvalue weighted by molar-refractivity contribution is 1.42. The second-order valence-corrected chi connectivity index (χ2v) is 4.48. The van der Waals surface area contributed by atoms with Gasteiger partial charge >= 0.3 is 0 Å². The summed E-state index contributed by atoms with van der Waals surface area (Å²) in [6.45, 7) is 3.21. The van der Waals surface area contributed by atoms with Gasteiger partial charge in [-0.3, -0.25) is 0 Å². The van der Waals surface area contributed by atoms with E-state index >= 15 is 0 Å². The van der Waals surface area contributed by atoms with Gasteiger partial charge in [-0.25, -0.2) is 0 Å². The lowest BCUT2D eigenvalue weighted by Crippen LogP contribution is -1.88. The quantitative estimate of drug-likeness (QED) is 0.564. The van der Waals surface area contributed by atoms with E-state index in [-0.39, 0.29) is 52.9 Å². The van der Waals surface area contributed by atoms with E-state index in [0.29, 0.717) is 16.7 Å². The Kier molecular flexibility index (Phi) is 1.59. The molecule has 0 N–H and O–H groups in total. The Bertz CT molecular complexity index is 1020. The monoisotopic (exact) mass is 267 g/mol. The van der Waals surface area contributed by atoms with Crippen molar-refractivity contribution in [3.05, 3.63) is 83.7 Å². The van der Waals surface area contributed by atoms with Crippen molar-refractivity contribution in [2.45, 2.75) is 13.8 Å². The van der Waals surface area contributed by atoms with Crippen molar-refractivity contribution in [1.29, 1.82) is 0 Å². The Morgan fingerprint density at radius 2 is 1.25 bits per heavy atom. The normalized spacial score (nSPS) is 16.8. The van der Waals surface area contributed by atoms with Gasteiger partial charge in [0.25, 0.3) is 0 Å². The fourth-order valence-electron chi connectivity index (χ4n) is 2.07. The van der Waals surface area contributed by atoms with E-state index in [4.69, 9.17) is 12.3 Å². The average molecular weight is 267 g/mol. The first-order valence-corrected chi connectivity index (χ1v) is 6.24. The summed E-state index contributed by atoms with van der Waals surface area (Å²) >= 11 is 0. The Labute approximate surface area is 133 Å². The van der Waals surface area contributed by atoms with Crippen LogP contribution in [0.2, 0.25) is 0 Å². The zero-order valence-electron chi connectivity index (χ0n) is 20.2. The minimum absolute atomic E-state index is 0.0396. The van der Waals surface area contributed by atoms with Crippen molar-refractivity contribution >= 4 is 0 Å². The highest BCUT2D eigenvalue weighted by atomic mass is 14.1. The summed E-state index contributed by atoms with van der Waals surface area (Å²) < 4.78 is 72.8. The van der Waals surface area contributed by atoms with Gasteiger partial charge in [-0.2, -0.15) is 0 Å². The topological polar surface area (TPSA) is 0 Å². The molecule has 0 aliphatic rings. The van der Waals surface area contributed by atoms with Crippen molar-refractivity contribution in [3.63, 3.8) is 0 Å². The highest BCUT2D eigenvalue weighted by molar-refractivity contribution is 5.78. The van der Waals surface area contributed by atoms with Gasteiger partial charge in [-0.05, 0) is 41.7 Å². The molecule has 0 aliphatic heterocycles. The molecule has 0 heterocycles. The second kappa shape index (κ2) is 5.34. The zero-order chi connectivity index (χ0) is 21.8. The molecule has 0 spiro atoms. The van der Waals surface area contributed by atoms with Crippen LogP contribution in [0.3, 0.4) is 0 Å². The van der Waals surface area contributed by atoms with Crippen molar-refractivity contribution in [3.8, 4) is 22.3 Å². The molecule has 0 radical (unpaired) electrons. The van der Waals surface area contributed by atoms with Crippen molar-refractivity contribution in [1.82, 2.24) is 0 Å². The molecule has 0 saturated heterocycles. The van der Waals surface area contributed by atoms with Gasteiger partial charge in [0.15, 0.2) is 0 Å². The molecular weight excluding hydrogens is 240 g/mol. The van der Waals surface area contributed by atoms with Crippen molar-refractivity contribution in [2.24, 2.45) is 0 Å². The molecule has 98 valence electrons. The van der Waals surface area contributed by atoms with Crippen LogP contribution in [0, 0.1) is 13.8 Å². The third kappa shape index (κ3) is 2.37. The fourth-order valence-corrected chi connectivity index (χ4v) is 2.07. The van der Waals surface area contributed by atoms with E-state index in [1.165, 1.54) is 6.92 Å². The maximum atomic E-state index is 8.31. The predicted molar refractivity (Wildman–Crippen MR) is 86.8 cm³/mol. The maximum Gasteiger partial charge on any atom is 0.0629 e. The Balaban J connectivity index is 2.40. The van der Waals surface area contributed by atoms with Gasteiger partial charge in [-0.1, -0.05) is 78.1 Å². The third-order valence-electron chi connectivity index (χ3n) is 3.12. The lowest BCUT2D eigenvalue weighted by atomic mass is 9.92. The summed E-state index contributed by atoms with van der Waals surface area (Å²) in [7, 11) is 0. The van der Waals surface area contributed by atoms with E-state index in [2.05, 4.69) is 0 Å². The summed E-state index contributed by atoms with van der Waals surface area (Å²) in [6.07, 6.45) is 0. The van der Waals surface area contributed by atoms with Crippen LogP contribution in [-0.4, -0.2) is 0 Å². The molecule has 0 saturated carbocycles. The third-order valence-corrected chi connectivity index (χ3v) is 3.12. The number of rotatable bonds is 2. The Hall–Kier alpha value is -2.34. The van der Waals surface area contributed by atoms with Crippen LogP contribution in [-0.2, 0) is 0 Å². The molecule has 0 aromatic heterocycles. The molecule has 3 aromatic carbocycles. The molecule has 0 aliphatic carbocycles. The smallest absolute Gasteiger partial charge is 0.0622 e. The van der Waals surface area contributed by atoms with E-state index in [1.807, 2.05) is 0 Å². The molecule has 20 heavy (non-hydrogen) atoms. The van der Waals surface area contributed by atoms with Gasteiger partial charge in [0.2, 0.25) is 0 Å². The van der Waals surface area contributed by atoms with Crippen LogP contribution in [0.1, 0.15) is 23.5 Å². The van der Waals surface area contributed by atoms with Gasteiger partial charge < -0.3 is 0 Å². The molecular formula is C20H18. The van der Waals surface area contributed by atoms with Crippen LogP contribution in [0.5, 0.6) is 0 Å². The Morgan fingerprint density at radius 3 is 1.85 bits per heavy atom. The van der Waals surface area contributed by atoms with Gasteiger partial charge in [0, 0.05) is 0 Å². The van der Waals surface area contributed by atoms with E-state index < -0.39 is 18.1 Å². The molecule has 0 atom stereocenters. The minimum Gasteiger partial charge on any atom is -0.0622 e. The largest absolute Gasteiger partial charge is 0.0629 e. The van der Waals surface area contributed by atoms with Crippen molar-refractivity contribution < 1.29 is 12.3 Å². The van der Waals surface area contributed by atoms with Crippen LogP contribution in [0.15, 0.2) is 72.6 Å². The van der Waals surface area contributed by atoms with Gasteiger partial charge in [0.05, 0.1) is 12.3 Å². The summed E-state index contributed by atoms with van der Waals surface area (Å²) in [5.41, 5.74) is 1.73. The summed E-state index contributed by atoms with van der Waals surface area (Å²) in [6, 6.07) is 2.25. The first kappa shape index (κ1) is 5.97. The first-order valence-electron chi connectivity index (χ1n) is 10.7. The van der Waals surface area contributed by atoms with E-state index in [1.54, 1.807) is 25.1 Å². The molecule has 3 rings (SSSR count). The van der Waals surface area contributed by atoms with Crippen molar-refractivity contribution in [2.75, 3.05) is 0 Å². The number of benzene rings is 3. The summed E-state index contributed by atoms with van der Waals surface area (Å²) in [5, 5.41) is 0. The van der Waals surface area contributed by atoms with Crippen LogP contribution < -0.4 is 0 Å². The highest BCUT2D eigenvalue weighted by Crippen LogP contribution is 2.31. The SMILES string of the molecule is [2H]c1c([2H])c([2H])c(-c2cccc(-c3c([2H])c([2H])c(C)c([2H])c3[2H])c2C)c([2H])c1[2H]. The zero-order valence-corrected chi connectivity index (χ0v) is 11.2. The Morgan fingerprint density at radius 1 is 0.700 bits per heavy atom. The predicted octanol–water partition coefficient (Wildman–Crippen LogP) is 5.64. The van der Waals surface area contributed by atoms with Gasteiger partial charge in [-0.15, -0.1) is 0 Å². The lowest BCUT2D eigenvalue weighted by Gasteiger charge is -2.12. The van der Waals surface area contributed by atoms with Crippen LogP contribution >= 0.6 is 0 Å². The molecule has 0 unspecified atom stereocenters. The van der Waals surface area contributed by atoms with Crippen LogP contribution in [0.25, 0.3) is 22.3 Å². The molecule has 0 heteroatoms. The fraction of sp³-hybridized carbons (Fsp3) is 0.100. The van der Waals surface area contributed by atoms with Crippen LogP contribution in [0.4, 0.5) is 0 Å². The number of hydrogen-bond acceptors (Lipinski definition) is 0. The molecule has 0 amide bonds. The highest BCUT2D eigenvalue weighted by Gasteiger charge is 2.07. The average Bonchev–Trinajstić information content (AvgIpc) is 2.70. The van der Waals surface area contributed by atoms with Gasteiger partial charge in [0.1, 0.15) is 0 Å². The van der Waals surface area contributed by atoms with E-state index in [9.17, 15) is 0 Å². The molecule has 0 fully saturated rings. The second-order valence-electron chi connectivity index (χ2n) is 4.48. The summed E-state index contributed by atoms with van der Waals surface area (Å²) in [5.74, 6) is 0. The summed E-state index contributed by atoms with van der Waals surface area (Å²) in [4.78, 5) is 0.